The lowest BCUT2D eigenvalue weighted by Crippen LogP contribution is -2.28. The number of hydrogen-bond donors (Lipinski definition) is 1. The van der Waals surface area contributed by atoms with E-state index < -0.39 is 0 Å². The van der Waals surface area contributed by atoms with Gasteiger partial charge in [0.25, 0.3) is 5.56 Å². The molecule has 2 aromatic heterocycles. The third-order valence-corrected chi connectivity index (χ3v) is 4.64. The SMILES string of the molecule is Cc1ccc(NC(=O)Cn2ccn3nc(-c4ccc(Cl)cc4)cc3c2=O)cc1. The van der Waals surface area contributed by atoms with Crippen molar-refractivity contribution in [1.82, 2.24) is 14.2 Å². The van der Waals surface area contributed by atoms with Crippen molar-refractivity contribution in [2.45, 2.75) is 13.5 Å². The first-order chi connectivity index (χ1) is 13.5. The maximum absolute atomic E-state index is 12.8. The number of fused-ring (bicyclic) bond motifs is 1. The largest absolute Gasteiger partial charge is 0.325 e. The van der Waals surface area contributed by atoms with E-state index in [9.17, 15) is 9.59 Å². The molecule has 0 saturated carbocycles. The highest BCUT2D eigenvalue weighted by molar-refractivity contribution is 6.30. The molecule has 0 unspecified atom stereocenters. The van der Waals surface area contributed by atoms with Crippen molar-refractivity contribution in [2.24, 2.45) is 0 Å². The maximum atomic E-state index is 12.8. The minimum absolute atomic E-state index is 0.0787. The van der Waals surface area contributed by atoms with E-state index in [2.05, 4.69) is 10.4 Å². The molecule has 140 valence electrons. The van der Waals surface area contributed by atoms with Crippen molar-refractivity contribution in [1.29, 1.82) is 0 Å². The molecule has 2 heterocycles. The van der Waals surface area contributed by atoms with E-state index in [1.807, 2.05) is 43.3 Å². The van der Waals surface area contributed by atoms with Gasteiger partial charge >= 0.3 is 0 Å². The molecule has 0 atom stereocenters. The van der Waals surface area contributed by atoms with Gasteiger partial charge in [0.2, 0.25) is 5.91 Å². The van der Waals surface area contributed by atoms with Crippen LogP contribution in [0, 0.1) is 6.92 Å². The second-order valence-electron chi connectivity index (χ2n) is 6.51. The van der Waals surface area contributed by atoms with E-state index in [0.29, 0.717) is 21.9 Å². The van der Waals surface area contributed by atoms with Crippen LogP contribution in [0.2, 0.25) is 5.02 Å². The number of anilines is 1. The van der Waals surface area contributed by atoms with E-state index in [-0.39, 0.29) is 18.0 Å². The van der Waals surface area contributed by atoms with Crippen molar-refractivity contribution in [3.63, 3.8) is 0 Å². The Morgan fingerprint density at radius 2 is 1.79 bits per heavy atom. The van der Waals surface area contributed by atoms with Crippen molar-refractivity contribution < 1.29 is 4.79 Å². The van der Waals surface area contributed by atoms with Crippen molar-refractivity contribution in [2.75, 3.05) is 5.32 Å². The first-order valence-corrected chi connectivity index (χ1v) is 9.09. The van der Waals surface area contributed by atoms with Crippen LogP contribution in [-0.4, -0.2) is 20.1 Å². The summed E-state index contributed by atoms with van der Waals surface area (Å²) in [5.41, 5.74) is 3.44. The third kappa shape index (κ3) is 3.68. The second-order valence-corrected chi connectivity index (χ2v) is 6.95. The van der Waals surface area contributed by atoms with Gasteiger partial charge in [-0.15, -0.1) is 0 Å². The van der Waals surface area contributed by atoms with Gasteiger partial charge in [-0.05, 0) is 37.3 Å². The fourth-order valence-electron chi connectivity index (χ4n) is 2.90. The first kappa shape index (κ1) is 18.0. The maximum Gasteiger partial charge on any atom is 0.277 e. The highest BCUT2D eigenvalue weighted by Crippen LogP contribution is 2.20. The smallest absolute Gasteiger partial charge is 0.277 e. The molecule has 0 bridgehead atoms. The van der Waals surface area contributed by atoms with Gasteiger partial charge in [-0.1, -0.05) is 41.4 Å². The molecule has 4 rings (SSSR count). The Morgan fingerprint density at radius 3 is 2.50 bits per heavy atom. The molecule has 28 heavy (non-hydrogen) atoms. The molecule has 6 nitrogen and oxygen atoms in total. The summed E-state index contributed by atoms with van der Waals surface area (Å²) in [4.78, 5) is 25.1. The van der Waals surface area contributed by atoms with Gasteiger partial charge < -0.3 is 9.88 Å². The van der Waals surface area contributed by atoms with Crippen LogP contribution < -0.4 is 10.9 Å². The van der Waals surface area contributed by atoms with Crippen LogP contribution in [0.5, 0.6) is 0 Å². The molecule has 0 radical (unpaired) electrons. The fourth-order valence-corrected chi connectivity index (χ4v) is 3.03. The second kappa shape index (κ2) is 7.32. The molecule has 2 aromatic carbocycles. The summed E-state index contributed by atoms with van der Waals surface area (Å²) >= 11 is 5.92. The number of aryl methyl sites for hydroxylation is 1. The van der Waals surface area contributed by atoms with Crippen molar-refractivity contribution in [3.05, 3.63) is 87.9 Å². The minimum atomic E-state index is -0.283. The van der Waals surface area contributed by atoms with Crippen molar-refractivity contribution >= 4 is 28.7 Å². The Balaban J connectivity index is 1.59. The third-order valence-electron chi connectivity index (χ3n) is 4.39. The van der Waals surface area contributed by atoms with Gasteiger partial charge in [-0.3, -0.25) is 9.59 Å². The number of rotatable bonds is 4. The summed E-state index contributed by atoms with van der Waals surface area (Å²) in [5.74, 6) is -0.271. The Labute approximate surface area is 166 Å². The monoisotopic (exact) mass is 392 g/mol. The number of benzene rings is 2. The zero-order valence-electron chi connectivity index (χ0n) is 15.1. The van der Waals surface area contributed by atoms with E-state index in [4.69, 9.17) is 11.6 Å². The number of carbonyl (C=O) groups is 1. The summed E-state index contributed by atoms with van der Waals surface area (Å²) in [6, 6.07) is 16.4. The van der Waals surface area contributed by atoms with Gasteiger partial charge in [0.1, 0.15) is 12.1 Å². The van der Waals surface area contributed by atoms with Crippen LogP contribution in [0.3, 0.4) is 0 Å². The summed E-state index contributed by atoms with van der Waals surface area (Å²) < 4.78 is 2.88. The van der Waals surface area contributed by atoms with Crippen LogP contribution in [0.1, 0.15) is 5.56 Å². The predicted molar refractivity (Wildman–Crippen MR) is 110 cm³/mol. The Kier molecular flexibility index (Phi) is 4.71. The average Bonchev–Trinajstić information content (AvgIpc) is 3.12. The normalized spacial score (nSPS) is 10.9. The summed E-state index contributed by atoms with van der Waals surface area (Å²) in [6.45, 7) is 1.90. The molecule has 4 aromatic rings. The van der Waals surface area contributed by atoms with Gasteiger partial charge in [0, 0.05) is 28.7 Å². The molecule has 1 amide bonds. The van der Waals surface area contributed by atoms with E-state index in [0.717, 1.165) is 11.1 Å². The van der Waals surface area contributed by atoms with E-state index in [1.54, 1.807) is 30.6 Å². The molecular weight excluding hydrogens is 376 g/mol. The summed E-state index contributed by atoms with van der Waals surface area (Å²) in [5, 5.41) is 7.86. The molecule has 7 heteroatoms. The van der Waals surface area contributed by atoms with Crippen LogP contribution >= 0.6 is 11.6 Å². The summed E-state index contributed by atoms with van der Waals surface area (Å²) in [7, 11) is 0. The molecule has 0 aliphatic heterocycles. The Bertz CT molecular complexity index is 1210. The zero-order valence-corrected chi connectivity index (χ0v) is 15.8. The highest BCUT2D eigenvalue weighted by atomic mass is 35.5. The molecule has 0 saturated heterocycles. The lowest BCUT2D eigenvalue weighted by Gasteiger charge is -2.08. The van der Waals surface area contributed by atoms with E-state index >= 15 is 0 Å². The number of carbonyl (C=O) groups excluding carboxylic acids is 1. The van der Waals surface area contributed by atoms with Crippen LogP contribution in [0.4, 0.5) is 5.69 Å². The average molecular weight is 393 g/mol. The molecular formula is C21H17ClN4O2. The number of nitrogens with zero attached hydrogens (tertiary/aromatic N) is 3. The van der Waals surface area contributed by atoms with Gasteiger partial charge in [-0.25, -0.2) is 4.52 Å². The first-order valence-electron chi connectivity index (χ1n) is 8.71. The zero-order chi connectivity index (χ0) is 19.7. The lowest BCUT2D eigenvalue weighted by atomic mass is 10.1. The Hall–Kier alpha value is -3.38. The molecule has 0 aliphatic rings. The number of hydrogen-bond acceptors (Lipinski definition) is 3. The Morgan fingerprint density at radius 1 is 1.07 bits per heavy atom. The predicted octanol–water partition coefficient (Wildman–Crippen LogP) is 3.76. The quantitative estimate of drug-likeness (QED) is 0.575. The number of aromatic nitrogens is 3. The van der Waals surface area contributed by atoms with Crippen LogP contribution in [0.25, 0.3) is 16.8 Å². The molecule has 0 fully saturated rings. The van der Waals surface area contributed by atoms with E-state index in [1.165, 1.54) is 9.08 Å². The molecule has 0 spiro atoms. The van der Waals surface area contributed by atoms with Crippen molar-refractivity contribution in [3.8, 4) is 11.3 Å². The minimum Gasteiger partial charge on any atom is -0.325 e. The van der Waals surface area contributed by atoms with Gasteiger partial charge in [0.05, 0.1) is 5.69 Å². The van der Waals surface area contributed by atoms with Gasteiger partial charge in [0.15, 0.2) is 0 Å². The topological polar surface area (TPSA) is 68.4 Å². The fraction of sp³-hybridized carbons (Fsp3) is 0.0952. The number of amides is 1. The van der Waals surface area contributed by atoms with Gasteiger partial charge in [-0.2, -0.15) is 5.10 Å². The van der Waals surface area contributed by atoms with Crippen LogP contribution in [0.15, 0.2) is 71.8 Å². The highest BCUT2D eigenvalue weighted by Gasteiger charge is 2.11. The lowest BCUT2D eigenvalue weighted by molar-refractivity contribution is -0.116. The molecule has 0 aliphatic carbocycles. The summed E-state index contributed by atoms with van der Waals surface area (Å²) in [6.07, 6.45) is 3.22. The number of nitrogens with one attached hydrogen (secondary N) is 1. The standard InChI is InChI=1S/C21H17ClN4O2/c1-14-2-8-17(9-3-14)23-20(27)13-25-10-11-26-19(21(25)28)12-18(24-26)15-4-6-16(22)7-5-15/h2-12H,13H2,1H3,(H,23,27). The number of halogens is 1. The van der Waals surface area contributed by atoms with Crippen LogP contribution in [-0.2, 0) is 11.3 Å². The molecule has 1 N–H and O–H groups in total.